The maximum absolute atomic E-state index is 13.3. The van der Waals surface area contributed by atoms with Crippen LogP contribution in [0, 0.1) is 5.92 Å². The van der Waals surface area contributed by atoms with Gasteiger partial charge >= 0.3 is 5.69 Å². The number of pyridine rings is 1. The number of aromatic nitrogens is 3. The van der Waals surface area contributed by atoms with Gasteiger partial charge in [-0.25, -0.2) is 9.78 Å². The van der Waals surface area contributed by atoms with Crippen molar-refractivity contribution in [2.24, 2.45) is 5.92 Å². The summed E-state index contributed by atoms with van der Waals surface area (Å²) in [6.45, 7) is 10.00. The number of carbonyl (C=O) groups excluding carboxylic acids is 2. The van der Waals surface area contributed by atoms with Gasteiger partial charge in [-0.2, -0.15) is 0 Å². The Morgan fingerprint density at radius 2 is 1.77 bits per heavy atom. The molecule has 2 heterocycles. The Kier molecular flexibility index (Phi) is 6.36. The number of amides is 2. The zero-order valence-corrected chi connectivity index (χ0v) is 20.7. The maximum Gasteiger partial charge on any atom is 0.330 e. The average Bonchev–Trinajstić information content (AvgIpc) is 3.60. The monoisotopic (exact) mass is 477 g/mol. The first kappa shape index (κ1) is 24.4. The molecule has 184 valence electrons. The minimum absolute atomic E-state index is 0.0910. The lowest BCUT2D eigenvalue weighted by atomic mass is 10.1. The molecule has 9 heteroatoms. The topological polar surface area (TPSA) is 126 Å². The molecule has 1 aromatic carbocycles. The number of fused-ring (bicyclic) bond motifs is 1. The highest BCUT2D eigenvalue weighted by Gasteiger charge is 2.29. The van der Waals surface area contributed by atoms with E-state index in [9.17, 15) is 19.2 Å². The number of aromatic amines is 1. The molecule has 2 aromatic heterocycles. The predicted molar refractivity (Wildman–Crippen MR) is 135 cm³/mol. The van der Waals surface area contributed by atoms with E-state index in [4.69, 9.17) is 0 Å². The van der Waals surface area contributed by atoms with Crippen LogP contribution in [0.2, 0.25) is 0 Å². The Balaban J connectivity index is 1.71. The molecule has 4 rings (SSSR count). The quantitative estimate of drug-likeness (QED) is 0.502. The van der Waals surface area contributed by atoms with Crippen molar-refractivity contribution in [2.75, 3.05) is 5.32 Å². The van der Waals surface area contributed by atoms with E-state index in [-0.39, 0.29) is 39.9 Å². The van der Waals surface area contributed by atoms with Crippen molar-refractivity contribution in [1.29, 1.82) is 0 Å². The van der Waals surface area contributed by atoms with Gasteiger partial charge in [-0.05, 0) is 69.9 Å². The van der Waals surface area contributed by atoms with E-state index in [1.165, 1.54) is 4.57 Å². The van der Waals surface area contributed by atoms with Gasteiger partial charge in [-0.3, -0.25) is 23.9 Å². The molecule has 9 nitrogen and oxygen atoms in total. The zero-order chi connectivity index (χ0) is 25.5. The number of hydrogen-bond acceptors (Lipinski definition) is 5. The summed E-state index contributed by atoms with van der Waals surface area (Å²) >= 11 is 0. The Hall–Kier alpha value is -3.75. The normalized spacial score (nSPS) is 13.8. The van der Waals surface area contributed by atoms with Gasteiger partial charge in [0.1, 0.15) is 0 Å². The Morgan fingerprint density at radius 3 is 2.34 bits per heavy atom. The van der Waals surface area contributed by atoms with Crippen LogP contribution in [-0.4, -0.2) is 31.9 Å². The van der Waals surface area contributed by atoms with Crippen LogP contribution in [0.5, 0.6) is 0 Å². The molecule has 0 atom stereocenters. The molecule has 0 unspecified atom stereocenters. The molecule has 3 aromatic rings. The highest BCUT2D eigenvalue weighted by molar-refractivity contribution is 6.12. The Morgan fingerprint density at radius 1 is 1.11 bits per heavy atom. The first-order valence-electron chi connectivity index (χ1n) is 11.8. The number of nitrogens with zero attached hydrogens (tertiary/aromatic N) is 2. The molecule has 0 spiro atoms. The van der Waals surface area contributed by atoms with E-state index in [1.807, 2.05) is 34.6 Å². The van der Waals surface area contributed by atoms with Gasteiger partial charge in [0.15, 0.2) is 5.65 Å². The van der Waals surface area contributed by atoms with Crippen molar-refractivity contribution in [3.63, 3.8) is 0 Å². The van der Waals surface area contributed by atoms with Crippen LogP contribution in [-0.2, 0) is 6.54 Å². The number of carbonyl (C=O) groups is 2. The summed E-state index contributed by atoms with van der Waals surface area (Å²) in [5.41, 5.74) is 0.520. The summed E-state index contributed by atoms with van der Waals surface area (Å²) in [6, 6.07) is 8.19. The number of nitrogens with one attached hydrogen (secondary N) is 3. The lowest BCUT2D eigenvalue weighted by Crippen LogP contribution is -2.40. The molecule has 1 saturated carbocycles. The van der Waals surface area contributed by atoms with Gasteiger partial charge in [0.05, 0.1) is 10.9 Å². The van der Waals surface area contributed by atoms with Crippen LogP contribution in [0.25, 0.3) is 11.0 Å². The second-order valence-corrected chi connectivity index (χ2v) is 10.6. The first-order chi connectivity index (χ1) is 16.4. The van der Waals surface area contributed by atoms with E-state index in [1.54, 1.807) is 30.3 Å². The molecule has 3 N–H and O–H groups in total. The summed E-state index contributed by atoms with van der Waals surface area (Å²) in [6.07, 6.45) is 1.91. The molecule has 0 bridgehead atoms. The van der Waals surface area contributed by atoms with Gasteiger partial charge in [-0.1, -0.05) is 13.8 Å². The molecule has 1 fully saturated rings. The van der Waals surface area contributed by atoms with Crippen molar-refractivity contribution in [2.45, 2.75) is 65.5 Å². The smallest absolute Gasteiger partial charge is 0.330 e. The average molecular weight is 478 g/mol. The second-order valence-electron chi connectivity index (χ2n) is 10.6. The molecule has 1 aliphatic rings. The second kappa shape index (κ2) is 9.13. The number of benzene rings is 1. The highest BCUT2D eigenvalue weighted by Crippen LogP contribution is 2.40. The van der Waals surface area contributed by atoms with Crippen molar-refractivity contribution < 1.29 is 9.59 Å². The van der Waals surface area contributed by atoms with Gasteiger partial charge in [-0.15, -0.1) is 0 Å². The number of hydrogen-bond donors (Lipinski definition) is 3. The van der Waals surface area contributed by atoms with E-state index in [0.29, 0.717) is 23.5 Å². The highest BCUT2D eigenvalue weighted by atomic mass is 16.2. The molecular weight excluding hydrogens is 446 g/mol. The van der Waals surface area contributed by atoms with E-state index < -0.39 is 17.2 Å². The minimum atomic E-state index is -0.640. The van der Waals surface area contributed by atoms with Crippen LogP contribution in [0.3, 0.4) is 0 Å². The van der Waals surface area contributed by atoms with Crippen LogP contribution in [0.15, 0.2) is 39.9 Å². The molecule has 0 radical (unpaired) electrons. The standard InChI is InChI=1S/C26H31N5O4/c1-14(2)13-31-21-20(24(34)29-25(31)35)18(12-19(28-21)15-6-7-15)23(33)27-17-10-8-16(9-11-17)22(32)30-26(3,4)5/h8-12,14-15H,6-7,13H2,1-5H3,(H,27,33)(H,30,32)(H,29,34,35). The molecule has 2 amide bonds. The van der Waals surface area contributed by atoms with Crippen molar-refractivity contribution in [1.82, 2.24) is 19.9 Å². The van der Waals surface area contributed by atoms with Crippen molar-refractivity contribution in [3.05, 3.63) is 68.0 Å². The summed E-state index contributed by atoms with van der Waals surface area (Å²) in [7, 11) is 0. The predicted octanol–water partition coefficient (Wildman–Crippen LogP) is 3.40. The van der Waals surface area contributed by atoms with Gasteiger partial charge in [0.25, 0.3) is 17.4 Å². The summed E-state index contributed by atoms with van der Waals surface area (Å²) in [5, 5.41) is 5.80. The third kappa shape index (κ3) is 5.50. The largest absolute Gasteiger partial charge is 0.347 e. The maximum atomic E-state index is 13.3. The molecule has 0 aliphatic heterocycles. The molecular formula is C26H31N5O4. The van der Waals surface area contributed by atoms with Crippen molar-refractivity contribution >= 4 is 28.5 Å². The van der Waals surface area contributed by atoms with Gasteiger partial charge in [0.2, 0.25) is 0 Å². The third-order valence-electron chi connectivity index (χ3n) is 5.65. The summed E-state index contributed by atoms with van der Waals surface area (Å²) in [5.74, 6) is -0.335. The summed E-state index contributed by atoms with van der Waals surface area (Å²) < 4.78 is 1.44. The van der Waals surface area contributed by atoms with E-state index >= 15 is 0 Å². The summed E-state index contributed by atoms with van der Waals surface area (Å²) in [4.78, 5) is 58.1. The SMILES string of the molecule is CC(C)Cn1c(=O)[nH]c(=O)c2c(C(=O)Nc3ccc(C(=O)NC(C)(C)C)cc3)cc(C3CC3)nc21. The lowest BCUT2D eigenvalue weighted by Gasteiger charge is -2.20. The zero-order valence-electron chi connectivity index (χ0n) is 20.7. The Bertz CT molecular complexity index is 1410. The van der Waals surface area contributed by atoms with E-state index in [2.05, 4.69) is 20.6 Å². The fourth-order valence-electron chi connectivity index (χ4n) is 3.91. The van der Waals surface area contributed by atoms with Gasteiger partial charge in [0, 0.05) is 34.9 Å². The molecule has 1 aliphatic carbocycles. The molecule has 35 heavy (non-hydrogen) atoms. The van der Waals surface area contributed by atoms with Gasteiger partial charge < -0.3 is 10.6 Å². The lowest BCUT2D eigenvalue weighted by molar-refractivity contribution is 0.0919. The van der Waals surface area contributed by atoms with Crippen LogP contribution < -0.4 is 21.9 Å². The number of H-pyrrole nitrogens is 1. The first-order valence-corrected chi connectivity index (χ1v) is 11.8. The third-order valence-corrected chi connectivity index (χ3v) is 5.65. The van der Waals surface area contributed by atoms with E-state index in [0.717, 1.165) is 12.8 Å². The Labute approximate surface area is 203 Å². The van der Waals surface area contributed by atoms with Crippen LogP contribution >= 0.6 is 0 Å². The fourth-order valence-corrected chi connectivity index (χ4v) is 3.91. The number of anilines is 1. The van der Waals surface area contributed by atoms with Crippen LogP contribution in [0.4, 0.5) is 5.69 Å². The van der Waals surface area contributed by atoms with Crippen LogP contribution in [0.1, 0.15) is 79.8 Å². The minimum Gasteiger partial charge on any atom is -0.347 e. The van der Waals surface area contributed by atoms with Crippen molar-refractivity contribution in [3.8, 4) is 0 Å². The fraction of sp³-hybridized carbons (Fsp3) is 0.423. The molecule has 0 saturated heterocycles. The number of rotatable bonds is 6.